The molecule has 0 saturated carbocycles. The number of phenols is 1. The maximum atomic E-state index is 11.9. The lowest BCUT2D eigenvalue weighted by atomic mass is 10.1. The number of anilines is 2. The van der Waals surface area contributed by atoms with E-state index in [4.69, 9.17) is 10.5 Å². The second kappa shape index (κ2) is 5.97. The summed E-state index contributed by atoms with van der Waals surface area (Å²) < 4.78 is 5.09. The Balaban J connectivity index is 2.02. The Kier molecular flexibility index (Phi) is 4.10. The molecule has 2 aromatic carbocycles. The van der Waals surface area contributed by atoms with Crippen LogP contribution in [0.1, 0.15) is 5.56 Å². The molecule has 0 saturated heterocycles. The Bertz CT molecular complexity index is 609. The van der Waals surface area contributed by atoms with Crippen LogP contribution in [0.5, 0.6) is 11.5 Å². The van der Waals surface area contributed by atoms with E-state index in [-0.39, 0.29) is 18.1 Å². The van der Waals surface area contributed by atoms with Gasteiger partial charge in [0.1, 0.15) is 11.5 Å². The van der Waals surface area contributed by atoms with Gasteiger partial charge in [0.05, 0.1) is 19.2 Å². The first-order valence-electron chi connectivity index (χ1n) is 6.10. The number of nitrogens with one attached hydrogen (secondary N) is 1. The van der Waals surface area contributed by atoms with E-state index in [1.54, 1.807) is 42.5 Å². The fourth-order valence-corrected chi connectivity index (χ4v) is 1.79. The van der Waals surface area contributed by atoms with E-state index in [1.807, 2.05) is 0 Å². The molecule has 0 fully saturated rings. The lowest BCUT2D eigenvalue weighted by molar-refractivity contribution is -0.115. The van der Waals surface area contributed by atoms with Gasteiger partial charge >= 0.3 is 0 Å². The summed E-state index contributed by atoms with van der Waals surface area (Å²) in [4.78, 5) is 11.9. The third-order valence-electron chi connectivity index (χ3n) is 2.82. The number of amides is 1. The largest absolute Gasteiger partial charge is 0.508 e. The van der Waals surface area contributed by atoms with Crippen molar-refractivity contribution in [3.63, 3.8) is 0 Å². The minimum absolute atomic E-state index is 0.150. The molecule has 5 heteroatoms. The highest BCUT2D eigenvalue weighted by Crippen LogP contribution is 2.25. The van der Waals surface area contributed by atoms with Crippen molar-refractivity contribution in [3.05, 3.63) is 48.0 Å². The third-order valence-corrected chi connectivity index (χ3v) is 2.82. The fourth-order valence-electron chi connectivity index (χ4n) is 1.79. The highest BCUT2D eigenvalue weighted by atomic mass is 16.5. The molecule has 2 rings (SSSR count). The van der Waals surface area contributed by atoms with Gasteiger partial charge in [0.25, 0.3) is 0 Å². The number of carbonyl (C=O) groups excluding carboxylic acids is 1. The summed E-state index contributed by atoms with van der Waals surface area (Å²) >= 11 is 0. The number of nitrogen functional groups attached to an aromatic ring is 1. The molecule has 5 nitrogen and oxygen atoms in total. The van der Waals surface area contributed by atoms with Crippen molar-refractivity contribution in [1.29, 1.82) is 0 Å². The molecular weight excluding hydrogens is 256 g/mol. The van der Waals surface area contributed by atoms with E-state index in [0.717, 1.165) is 5.56 Å². The topological polar surface area (TPSA) is 84.6 Å². The second-order valence-corrected chi connectivity index (χ2v) is 4.35. The van der Waals surface area contributed by atoms with Gasteiger partial charge < -0.3 is 20.9 Å². The van der Waals surface area contributed by atoms with Crippen molar-refractivity contribution in [3.8, 4) is 11.5 Å². The number of rotatable bonds is 4. The molecule has 0 unspecified atom stereocenters. The third kappa shape index (κ3) is 3.41. The van der Waals surface area contributed by atoms with Gasteiger partial charge in [-0.2, -0.15) is 0 Å². The van der Waals surface area contributed by atoms with Crippen LogP contribution < -0.4 is 15.8 Å². The quantitative estimate of drug-likeness (QED) is 0.745. The lowest BCUT2D eigenvalue weighted by Crippen LogP contribution is -2.14. The maximum absolute atomic E-state index is 11.9. The Morgan fingerprint density at radius 3 is 2.60 bits per heavy atom. The van der Waals surface area contributed by atoms with Crippen molar-refractivity contribution >= 4 is 17.3 Å². The minimum atomic E-state index is -0.150. The number of ether oxygens (including phenoxy) is 1. The predicted molar refractivity (Wildman–Crippen MR) is 77.8 cm³/mol. The van der Waals surface area contributed by atoms with E-state index in [2.05, 4.69) is 5.32 Å². The zero-order valence-corrected chi connectivity index (χ0v) is 11.1. The van der Waals surface area contributed by atoms with E-state index >= 15 is 0 Å². The van der Waals surface area contributed by atoms with Crippen LogP contribution in [0, 0.1) is 0 Å². The number of benzene rings is 2. The van der Waals surface area contributed by atoms with Gasteiger partial charge in [0, 0.05) is 11.8 Å². The van der Waals surface area contributed by atoms with Crippen molar-refractivity contribution < 1.29 is 14.6 Å². The van der Waals surface area contributed by atoms with Crippen LogP contribution in [-0.2, 0) is 11.2 Å². The smallest absolute Gasteiger partial charge is 0.228 e. The molecule has 1 amide bonds. The van der Waals surface area contributed by atoms with Crippen molar-refractivity contribution in [2.75, 3.05) is 18.2 Å². The zero-order valence-electron chi connectivity index (χ0n) is 11.1. The Morgan fingerprint density at radius 1 is 1.25 bits per heavy atom. The summed E-state index contributed by atoms with van der Waals surface area (Å²) in [5.41, 5.74) is 7.67. The van der Waals surface area contributed by atoms with E-state index in [0.29, 0.717) is 17.1 Å². The number of methoxy groups -OCH3 is 1. The monoisotopic (exact) mass is 272 g/mol. The number of hydrogen-bond acceptors (Lipinski definition) is 4. The average Bonchev–Trinajstić information content (AvgIpc) is 2.43. The van der Waals surface area contributed by atoms with Crippen LogP contribution in [-0.4, -0.2) is 18.1 Å². The molecule has 0 heterocycles. The normalized spacial score (nSPS) is 10.1. The molecule has 0 aliphatic carbocycles. The van der Waals surface area contributed by atoms with Crippen LogP contribution in [0.15, 0.2) is 42.5 Å². The molecule has 0 bridgehead atoms. The summed E-state index contributed by atoms with van der Waals surface area (Å²) in [5.74, 6) is 0.548. The highest BCUT2D eigenvalue weighted by Gasteiger charge is 2.06. The number of carbonyl (C=O) groups is 1. The average molecular weight is 272 g/mol. The summed E-state index contributed by atoms with van der Waals surface area (Å²) in [6, 6.07) is 11.6. The Labute approximate surface area is 117 Å². The molecule has 0 atom stereocenters. The van der Waals surface area contributed by atoms with Gasteiger partial charge in [-0.05, 0) is 29.8 Å². The first kappa shape index (κ1) is 13.7. The number of hydrogen-bond donors (Lipinski definition) is 3. The van der Waals surface area contributed by atoms with Gasteiger partial charge in [0.2, 0.25) is 5.91 Å². The molecule has 4 N–H and O–H groups in total. The molecule has 0 aliphatic heterocycles. The molecule has 20 heavy (non-hydrogen) atoms. The van der Waals surface area contributed by atoms with Gasteiger partial charge in [-0.1, -0.05) is 12.1 Å². The number of phenolic OH excluding ortho intramolecular Hbond substituents is 1. The minimum Gasteiger partial charge on any atom is -0.508 e. The fraction of sp³-hybridized carbons (Fsp3) is 0.133. The van der Waals surface area contributed by atoms with Crippen molar-refractivity contribution in [2.24, 2.45) is 0 Å². The molecule has 0 spiro atoms. The van der Waals surface area contributed by atoms with Crippen LogP contribution in [0.3, 0.4) is 0 Å². The van der Waals surface area contributed by atoms with Crippen LogP contribution in [0.4, 0.5) is 11.4 Å². The first-order valence-corrected chi connectivity index (χ1v) is 6.10. The molecule has 0 aliphatic rings. The van der Waals surface area contributed by atoms with Crippen molar-refractivity contribution in [2.45, 2.75) is 6.42 Å². The van der Waals surface area contributed by atoms with Gasteiger partial charge in [0.15, 0.2) is 0 Å². The second-order valence-electron chi connectivity index (χ2n) is 4.35. The molecule has 104 valence electrons. The van der Waals surface area contributed by atoms with E-state index < -0.39 is 0 Å². The zero-order chi connectivity index (χ0) is 14.5. The summed E-state index contributed by atoms with van der Waals surface area (Å²) in [6.07, 6.45) is 0.229. The molecular formula is C15H16N2O3. The van der Waals surface area contributed by atoms with Gasteiger partial charge in [-0.25, -0.2) is 0 Å². The Morgan fingerprint density at radius 2 is 1.95 bits per heavy atom. The van der Waals surface area contributed by atoms with Gasteiger partial charge in [-0.15, -0.1) is 0 Å². The summed E-state index contributed by atoms with van der Waals surface area (Å²) in [7, 11) is 1.52. The predicted octanol–water partition coefficient (Wildman–Crippen LogP) is 2.16. The number of aromatic hydroxyl groups is 1. The summed E-state index contributed by atoms with van der Waals surface area (Å²) in [5, 5.41) is 12.0. The maximum Gasteiger partial charge on any atom is 0.228 e. The van der Waals surface area contributed by atoms with Crippen molar-refractivity contribution in [1.82, 2.24) is 0 Å². The standard InChI is InChI=1S/C15H16N2O3/c1-20-14-9-11(4-7-13(14)16)17-15(19)8-10-2-5-12(18)6-3-10/h2-7,9,18H,8,16H2,1H3,(H,17,19). The SMILES string of the molecule is COc1cc(NC(=O)Cc2ccc(O)cc2)ccc1N. The highest BCUT2D eigenvalue weighted by molar-refractivity contribution is 5.92. The molecule has 0 aromatic heterocycles. The Hall–Kier alpha value is -2.69. The van der Waals surface area contributed by atoms with Crippen LogP contribution in [0.25, 0.3) is 0 Å². The van der Waals surface area contributed by atoms with Crippen LogP contribution in [0.2, 0.25) is 0 Å². The molecule has 0 radical (unpaired) electrons. The molecule has 2 aromatic rings. The summed E-state index contributed by atoms with van der Waals surface area (Å²) in [6.45, 7) is 0. The van der Waals surface area contributed by atoms with Crippen LogP contribution >= 0.6 is 0 Å². The number of nitrogens with two attached hydrogens (primary N) is 1. The van der Waals surface area contributed by atoms with E-state index in [9.17, 15) is 9.90 Å². The van der Waals surface area contributed by atoms with E-state index in [1.165, 1.54) is 7.11 Å². The first-order chi connectivity index (χ1) is 9.58. The van der Waals surface area contributed by atoms with Gasteiger partial charge in [-0.3, -0.25) is 4.79 Å². The lowest BCUT2D eigenvalue weighted by Gasteiger charge is -2.09.